The number of hydrogen-bond donors (Lipinski definition) is 2. The molecule has 0 amide bonds. The Kier molecular flexibility index (Phi) is 8.07. The first-order chi connectivity index (χ1) is 24.7. The average Bonchev–Trinajstić information content (AvgIpc) is 3.62. The van der Waals surface area contributed by atoms with Gasteiger partial charge in [0.05, 0.1) is 22.4 Å². The predicted octanol–water partition coefficient (Wildman–Crippen LogP) is 8.98. The van der Waals surface area contributed by atoms with Crippen molar-refractivity contribution in [2.75, 3.05) is 0 Å². The monoisotopic (exact) mass is 672 g/mol. The normalized spacial score (nSPS) is 11.6. The average molecular weight is 673 g/mol. The topological polar surface area (TPSA) is 110 Å². The quantitative estimate of drug-likeness (QED) is 0.150. The van der Waals surface area contributed by atoms with E-state index in [4.69, 9.17) is 9.97 Å². The number of carbonyl (C=O) groups is 2. The number of rotatable bonds is 10. The smallest absolute Gasteiger partial charge is 0.354 e. The van der Waals surface area contributed by atoms with Gasteiger partial charge >= 0.3 is 11.9 Å². The summed E-state index contributed by atoms with van der Waals surface area (Å²) in [5, 5.41) is 23.9. The van der Waals surface area contributed by atoms with E-state index in [0.717, 1.165) is 54.7 Å². The van der Waals surface area contributed by atoms with Crippen LogP contribution < -0.4 is 0 Å². The molecule has 8 nitrogen and oxygen atoms in total. The van der Waals surface area contributed by atoms with Crippen LogP contribution in [-0.2, 0) is 25.9 Å². The van der Waals surface area contributed by atoms with Gasteiger partial charge in [-0.25, -0.2) is 19.6 Å². The van der Waals surface area contributed by atoms with Crippen LogP contribution in [0.4, 0.5) is 0 Å². The van der Waals surface area contributed by atoms with E-state index < -0.39 is 11.9 Å². The van der Waals surface area contributed by atoms with Crippen molar-refractivity contribution in [3.63, 3.8) is 0 Å². The number of aromatic carboxylic acids is 2. The number of aryl methyl sites for hydroxylation is 4. The summed E-state index contributed by atoms with van der Waals surface area (Å²) in [7, 11) is 0. The van der Waals surface area contributed by atoms with Crippen molar-refractivity contribution in [2.24, 2.45) is 0 Å². The first-order valence-electron chi connectivity index (χ1n) is 17.1. The molecule has 0 aliphatic carbocycles. The van der Waals surface area contributed by atoms with Crippen LogP contribution in [-0.4, -0.2) is 41.3 Å². The van der Waals surface area contributed by atoms with Crippen LogP contribution in [0, 0.1) is 13.8 Å². The lowest BCUT2D eigenvalue weighted by Crippen LogP contribution is -2.09. The van der Waals surface area contributed by atoms with Crippen molar-refractivity contribution in [3.05, 3.63) is 154 Å². The molecule has 0 atom stereocenters. The molecule has 4 heterocycles. The Bertz CT molecular complexity index is 2450. The van der Waals surface area contributed by atoms with Gasteiger partial charge in [0.2, 0.25) is 0 Å². The minimum absolute atomic E-state index is 0.00218. The molecule has 51 heavy (non-hydrogen) atoms. The molecular formula is C43H36N4O4. The standard InChI is InChI=1S/C43H36N4O4/c1-26-14-18-28(19-15-26)24-46-38-12-5-3-8-30(38)32-22-36(42(48)49)44-34(40(32)46)10-7-11-35-41-33(23-37(45-35)43(50)51)31-9-4-6-13-39(31)47(41)25-29-20-16-27(2)17-21-29/h3-6,8-9,12-23H,7,10-11,24-25H2,1-2H3,(H,48,49)(H,50,51). The first-order valence-corrected chi connectivity index (χ1v) is 17.1. The fourth-order valence-corrected chi connectivity index (χ4v) is 7.38. The van der Waals surface area contributed by atoms with Gasteiger partial charge in [-0.15, -0.1) is 0 Å². The maximum absolute atomic E-state index is 12.4. The fraction of sp³-hybridized carbons (Fsp3) is 0.163. The Morgan fingerprint density at radius 3 is 1.33 bits per heavy atom. The summed E-state index contributed by atoms with van der Waals surface area (Å²) >= 11 is 0. The SMILES string of the molecule is Cc1ccc(Cn2c3ccccc3c3cc(C(=O)O)nc(CCCc4nc(C(=O)O)cc5c6ccccc6n(Cc6ccc(C)cc6)c45)c32)cc1. The maximum atomic E-state index is 12.4. The number of nitrogens with zero attached hydrogens (tertiary/aromatic N) is 4. The van der Waals surface area contributed by atoms with Gasteiger partial charge in [-0.2, -0.15) is 0 Å². The van der Waals surface area contributed by atoms with E-state index in [9.17, 15) is 19.8 Å². The van der Waals surface area contributed by atoms with Crippen molar-refractivity contribution < 1.29 is 19.8 Å². The molecule has 0 fully saturated rings. The van der Waals surface area contributed by atoms with Gasteiger partial charge in [0, 0.05) is 45.7 Å². The fourth-order valence-electron chi connectivity index (χ4n) is 7.38. The second-order valence-electron chi connectivity index (χ2n) is 13.3. The van der Waals surface area contributed by atoms with E-state index in [0.29, 0.717) is 43.7 Å². The number of carboxylic acid groups (broad SMARTS) is 2. The molecular weight excluding hydrogens is 636 g/mol. The van der Waals surface area contributed by atoms with Crippen LogP contribution in [0.25, 0.3) is 43.6 Å². The second kappa shape index (κ2) is 12.9. The van der Waals surface area contributed by atoms with Gasteiger partial charge in [0.1, 0.15) is 11.4 Å². The molecule has 2 N–H and O–H groups in total. The molecule has 252 valence electrons. The van der Waals surface area contributed by atoms with Crippen molar-refractivity contribution in [1.82, 2.24) is 19.1 Å². The highest BCUT2D eigenvalue weighted by Gasteiger charge is 2.22. The Hall–Kier alpha value is -6.28. The molecule has 8 heteroatoms. The summed E-state index contributed by atoms with van der Waals surface area (Å²) in [5.74, 6) is -2.15. The molecule has 0 saturated heterocycles. The van der Waals surface area contributed by atoms with E-state index in [-0.39, 0.29) is 11.4 Å². The lowest BCUT2D eigenvalue weighted by Gasteiger charge is -2.13. The summed E-state index contributed by atoms with van der Waals surface area (Å²) in [6, 6.07) is 36.4. The zero-order chi connectivity index (χ0) is 35.2. The van der Waals surface area contributed by atoms with Crippen molar-refractivity contribution in [3.8, 4) is 0 Å². The summed E-state index contributed by atoms with van der Waals surface area (Å²) in [6.07, 6.45) is 1.52. The van der Waals surface area contributed by atoms with Crippen LogP contribution >= 0.6 is 0 Å². The van der Waals surface area contributed by atoms with E-state index in [2.05, 4.69) is 83.6 Å². The zero-order valence-electron chi connectivity index (χ0n) is 28.4. The molecule has 0 spiro atoms. The predicted molar refractivity (Wildman–Crippen MR) is 201 cm³/mol. The number of pyridine rings is 2. The molecule has 0 aliphatic rings. The van der Waals surface area contributed by atoms with E-state index in [1.54, 1.807) is 12.1 Å². The second-order valence-corrected chi connectivity index (χ2v) is 13.3. The Labute approximate surface area is 294 Å². The molecule has 4 aromatic carbocycles. The number of benzene rings is 4. The molecule has 0 aliphatic heterocycles. The van der Waals surface area contributed by atoms with Gasteiger partial charge in [-0.1, -0.05) is 96.1 Å². The third kappa shape index (κ3) is 5.88. The van der Waals surface area contributed by atoms with Gasteiger partial charge in [0.25, 0.3) is 0 Å². The number of hydrogen-bond acceptors (Lipinski definition) is 4. The molecule has 4 aromatic heterocycles. The first kappa shape index (κ1) is 32.0. The Morgan fingerprint density at radius 1 is 0.549 bits per heavy atom. The van der Waals surface area contributed by atoms with Gasteiger partial charge in [-0.3, -0.25) is 0 Å². The molecule has 0 saturated carbocycles. The number of aromatic nitrogens is 4. The zero-order valence-corrected chi connectivity index (χ0v) is 28.4. The summed E-state index contributed by atoms with van der Waals surface area (Å²) in [6.45, 7) is 5.34. The van der Waals surface area contributed by atoms with Gasteiger partial charge < -0.3 is 19.3 Å². The van der Waals surface area contributed by atoms with E-state index in [1.165, 1.54) is 11.1 Å². The minimum Gasteiger partial charge on any atom is -0.477 e. The third-order valence-corrected chi connectivity index (χ3v) is 9.83. The summed E-state index contributed by atoms with van der Waals surface area (Å²) < 4.78 is 4.48. The number of carboxylic acids is 2. The number of fused-ring (bicyclic) bond motifs is 6. The summed E-state index contributed by atoms with van der Waals surface area (Å²) in [4.78, 5) is 34.2. The number of para-hydroxylation sites is 2. The lowest BCUT2D eigenvalue weighted by atomic mass is 10.0. The minimum atomic E-state index is -1.08. The highest BCUT2D eigenvalue weighted by atomic mass is 16.4. The van der Waals surface area contributed by atoms with Crippen LogP contribution in [0.5, 0.6) is 0 Å². The molecule has 0 bridgehead atoms. The van der Waals surface area contributed by atoms with Crippen molar-refractivity contribution in [1.29, 1.82) is 0 Å². The van der Waals surface area contributed by atoms with E-state index in [1.807, 2.05) is 36.4 Å². The third-order valence-electron chi connectivity index (χ3n) is 9.83. The van der Waals surface area contributed by atoms with Crippen LogP contribution in [0.3, 0.4) is 0 Å². The van der Waals surface area contributed by atoms with Gasteiger partial charge in [-0.05, 0) is 68.5 Å². The molecule has 8 aromatic rings. The largest absolute Gasteiger partial charge is 0.477 e. The molecule has 0 unspecified atom stereocenters. The van der Waals surface area contributed by atoms with Gasteiger partial charge in [0.15, 0.2) is 0 Å². The van der Waals surface area contributed by atoms with Crippen LogP contribution in [0.1, 0.15) is 61.0 Å². The molecule has 0 radical (unpaired) electrons. The highest BCUT2D eigenvalue weighted by Crippen LogP contribution is 2.35. The highest BCUT2D eigenvalue weighted by molar-refractivity contribution is 6.11. The Balaban J connectivity index is 1.24. The van der Waals surface area contributed by atoms with Crippen LogP contribution in [0.2, 0.25) is 0 Å². The Morgan fingerprint density at radius 2 is 0.941 bits per heavy atom. The summed E-state index contributed by atoms with van der Waals surface area (Å²) in [5.41, 5.74) is 9.87. The van der Waals surface area contributed by atoms with Crippen LogP contribution in [0.15, 0.2) is 109 Å². The van der Waals surface area contributed by atoms with Crippen molar-refractivity contribution in [2.45, 2.75) is 46.2 Å². The molecule has 8 rings (SSSR count). The maximum Gasteiger partial charge on any atom is 0.354 e. The van der Waals surface area contributed by atoms with Crippen molar-refractivity contribution >= 4 is 55.6 Å². The van der Waals surface area contributed by atoms with E-state index >= 15 is 0 Å². The lowest BCUT2D eigenvalue weighted by molar-refractivity contribution is 0.0680.